The number of aryl methyl sites for hydroxylation is 1. The molecular formula is C12H18N2O. The summed E-state index contributed by atoms with van der Waals surface area (Å²) in [5.41, 5.74) is 9.06. The Kier molecular flexibility index (Phi) is 2.82. The smallest absolute Gasteiger partial charge is 0.0668 e. The maximum absolute atomic E-state index is 5.81. The molecule has 0 amide bonds. The quantitative estimate of drug-likeness (QED) is 0.712. The highest BCUT2D eigenvalue weighted by molar-refractivity contribution is 5.58. The lowest BCUT2D eigenvalue weighted by Crippen LogP contribution is -2.43. The number of rotatable bonds is 1. The Morgan fingerprint density at radius 1 is 1.47 bits per heavy atom. The third kappa shape index (κ3) is 2.07. The fraction of sp³-hybridized carbons (Fsp3) is 0.500. The van der Waals surface area contributed by atoms with Crippen molar-refractivity contribution in [2.45, 2.75) is 19.9 Å². The molecule has 1 saturated heterocycles. The number of nitrogens with two attached hydrogens (primary N) is 1. The number of benzene rings is 1. The van der Waals surface area contributed by atoms with Crippen LogP contribution in [-0.4, -0.2) is 25.8 Å². The van der Waals surface area contributed by atoms with Crippen molar-refractivity contribution in [2.24, 2.45) is 0 Å². The Morgan fingerprint density at radius 3 is 2.93 bits per heavy atom. The van der Waals surface area contributed by atoms with Crippen molar-refractivity contribution in [3.63, 3.8) is 0 Å². The fourth-order valence-corrected chi connectivity index (χ4v) is 1.95. The molecule has 1 heterocycles. The SMILES string of the molecule is Cc1cc(N2CCOCC2C)ccc1N. The summed E-state index contributed by atoms with van der Waals surface area (Å²) in [6.07, 6.45) is 0. The van der Waals surface area contributed by atoms with Crippen molar-refractivity contribution in [3.05, 3.63) is 23.8 Å². The summed E-state index contributed by atoms with van der Waals surface area (Å²) in [6.45, 7) is 6.82. The molecule has 1 aliphatic rings. The maximum Gasteiger partial charge on any atom is 0.0668 e. The van der Waals surface area contributed by atoms with Crippen LogP contribution in [0.1, 0.15) is 12.5 Å². The minimum Gasteiger partial charge on any atom is -0.399 e. The first-order valence-corrected chi connectivity index (χ1v) is 5.39. The lowest BCUT2D eigenvalue weighted by Gasteiger charge is -2.35. The molecule has 0 aliphatic carbocycles. The monoisotopic (exact) mass is 206 g/mol. The van der Waals surface area contributed by atoms with Crippen LogP contribution in [0.15, 0.2) is 18.2 Å². The van der Waals surface area contributed by atoms with Gasteiger partial charge in [-0.2, -0.15) is 0 Å². The largest absolute Gasteiger partial charge is 0.399 e. The minimum atomic E-state index is 0.446. The van der Waals surface area contributed by atoms with Crippen LogP contribution in [-0.2, 0) is 4.74 Å². The van der Waals surface area contributed by atoms with Crippen LogP contribution in [0.25, 0.3) is 0 Å². The molecular weight excluding hydrogens is 188 g/mol. The molecule has 0 bridgehead atoms. The molecule has 0 aromatic heterocycles. The summed E-state index contributed by atoms with van der Waals surface area (Å²) in [5, 5.41) is 0. The highest BCUT2D eigenvalue weighted by Crippen LogP contribution is 2.23. The van der Waals surface area contributed by atoms with Gasteiger partial charge in [0, 0.05) is 24.0 Å². The van der Waals surface area contributed by atoms with E-state index in [0.29, 0.717) is 6.04 Å². The molecule has 1 fully saturated rings. The zero-order valence-corrected chi connectivity index (χ0v) is 9.36. The molecule has 1 atom stereocenters. The summed E-state index contributed by atoms with van der Waals surface area (Å²) in [6, 6.07) is 6.66. The Labute approximate surface area is 90.8 Å². The van der Waals surface area contributed by atoms with Crippen molar-refractivity contribution in [2.75, 3.05) is 30.4 Å². The lowest BCUT2D eigenvalue weighted by molar-refractivity contribution is 0.0989. The van der Waals surface area contributed by atoms with Gasteiger partial charge in [-0.25, -0.2) is 0 Å². The van der Waals surface area contributed by atoms with Gasteiger partial charge in [0.05, 0.1) is 13.2 Å². The molecule has 1 aliphatic heterocycles. The van der Waals surface area contributed by atoms with E-state index in [1.54, 1.807) is 0 Å². The van der Waals surface area contributed by atoms with Gasteiger partial charge in [-0.3, -0.25) is 0 Å². The molecule has 0 saturated carbocycles. The standard InChI is InChI=1S/C12H18N2O/c1-9-7-11(3-4-12(9)13)14-5-6-15-8-10(14)2/h3-4,7,10H,5-6,8,13H2,1-2H3. The van der Waals surface area contributed by atoms with E-state index in [0.717, 1.165) is 31.0 Å². The van der Waals surface area contributed by atoms with Gasteiger partial charge in [0.25, 0.3) is 0 Å². The summed E-state index contributed by atoms with van der Waals surface area (Å²) >= 11 is 0. The van der Waals surface area contributed by atoms with E-state index >= 15 is 0 Å². The van der Waals surface area contributed by atoms with E-state index in [9.17, 15) is 0 Å². The Bertz CT molecular complexity index is 351. The molecule has 15 heavy (non-hydrogen) atoms. The van der Waals surface area contributed by atoms with Crippen molar-refractivity contribution >= 4 is 11.4 Å². The molecule has 1 aromatic rings. The molecule has 82 valence electrons. The second kappa shape index (κ2) is 4.11. The van der Waals surface area contributed by atoms with Gasteiger partial charge in [-0.1, -0.05) is 0 Å². The second-order valence-electron chi connectivity index (χ2n) is 4.16. The van der Waals surface area contributed by atoms with Crippen molar-refractivity contribution in [3.8, 4) is 0 Å². The molecule has 3 heteroatoms. The van der Waals surface area contributed by atoms with Gasteiger partial charge in [0.2, 0.25) is 0 Å². The number of hydrogen-bond acceptors (Lipinski definition) is 3. The fourth-order valence-electron chi connectivity index (χ4n) is 1.95. The molecule has 1 aromatic carbocycles. The summed E-state index contributed by atoms with van der Waals surface area (Å²) in [4.78, 5) is 2.37. The second-order valence-corrected chi connectivity index (χ2v) is 4.16. The topological polar surface area (TPSA) is 38.5 Å². The van der Waals surface area contributed by atoms with E-state index < -0.39 is 0 Å². The summed E-state index contributed by atoms with van der Waals surface area (Å²) in [5.74, 6) is 0. The first kappa shape index (κ1) is 10.3. The normalized spacial score (nSPS) is 21.7. The first-order valence-electron chi connectivity index (χ1n) is 5.39. The van der Waals surface area contributed by atoms with Gasteiger partial charge >= 0.3 is 0 Å². The first-order chi connectivity index (χ1) is 7.18. The van der Waals surface area contributed by atoms with Crippen molar-refractivity contribution in [1.29, 1.82) is 0 Å². The van der Waals surface area contributed by atoms with Crippen molar-refractivity contribution in [1.82, 2.24) is 0 Å². The lowest BCUT2D eigenvalue weighted by atomic mass is 10.1. The molecule has 0 spiro atoms. The van der Waals surface area contributed by atoms with Gasteiger partial charge < -0.3 is 15.4 Å². The Morgan fingerprint density at radius 2 is 2.27 bits per heavy atom. The van der Waals surface area contributed by atoms with Crippen LogP contribution in [0.5, 0.6) is 0 Å². The third-order valence-corrected chi connectivity index (χ3v) is 2.95. The molecule has 0 radical (unpaired) electrons. The number of ether oxygens (including phenoxy) is 1. The highest BCUT2D eigenvalue weighted by atomic mass is 16.5. The van der Waals surface area contributed by atoms with Gasteiger partial charge in [-0.05, 0) is 37.6 Å². The number of hydrogen-bond donors (Lipinski definition) is 1. The van der Waals surface area contributed by atoms with E-state index in [1.165, 1.54) is 5.69 Å². The average Bonchev–Trinajstić information content (AvgIpc) is 2.23. The zero-order chi connectivity index (χ0) is 10.8. The van der Waals surface area contributed by atoms with E-state index in [1.807, 2.05) is 13.0 Å². The highest BCUT2D eigenvalue weighted by Gasteiger charge is 2.19. The van der Waals surface area contributed by atoms with Gasteiger partial charge in [0.1, 0.15) is 0 Å². The van der Waals surface area contributed by atoms with Gasteiger partial charge in [-0.15, -0.1) is 0 Å². The zero-order valence-electron chi connectivity index (χ0n) is 9.36. The Balaban J connectivity index is 2.24. The van der Waals surface area contributed by atoms with Crippen molar-refractivity contribution < 1.29 is 4.74 Å². The van der Waals surface area contributed by atoms with Crippen LogP contribution in [0.2, 0.25) is 0 Å². The molecule has 1 unspecified atom stereocenters. The molecule has 2 N–H and O–H groups in total. The molecule has 2 rings (SSSR count). The van der Waals surface area contributed by atoms with Crippen LogP contribution in [0.3, 0.4) is 0 Å². The summed E-state index contributed by atoms with van der Waals surface area (Å²) < 4.78 is 5.42. The van der Waals surface area contributed by atoms with Crippen LogP contribution in [0, 0.1) is 6.92 Å². The number of nitrogen functional groups attached to an aromatic ring is 1. The van der Waals surface area contributed by atoms with Crippen LogP contribution < -0.4 is 10.6 Å². The van der Waals surface area contributed by atoms with Crippen LogP contribution in [0.4, 0.5) is 11.4 Å². The van der Waals surface area contributed by atoms with Crippen LogP contribution >= 0.6 is 0 Å². The predicted octanol–water partition coefficient (Wildman–Crippen LogP) is 1.80. The van der Waals surface area contributed by atoms with E-state index in [4.69, 9.17) is 10.5 Å². The number of morpholine rings is 1. The Hall–Kier alpha value is -1.22. The van der Waals surface area contributed by atoms with Gasteiger partial charge in [0.15, 0.2) is 0 Å². The predicted molar refractivity (Wildman–Crippen MR) is 63.2 cm³/mol. The summed E-state index contributed by atoms with van der Waals surface area (Å²) in [7, 11) is 0. The molecule has 3 nitrogen and oxygen atoms in total. The number of anilines is 2. The third-order valence-electron chi connectivity index (χ3n) is 2.95. The average molecular weight is 206 g/mol. The maximum atomic E-state index is 5.81. The van der Waals surface area contributed by atoms with E-state index in [-0.39, 0.29) is 0 Å². The minimum absolute atomic E-state index is 0.446. The number of nitrogens with zero attached hydrogens (tertiary/aromatic N) is 1. The van der Waals surface area contributed by atoms with E-state index in [2.05, 4.69) is 24.0 Å².